The molecule has 2 rings (SSSR count). The van der Waals surface area contributed by atoms with E-state index in [-0.39, 0.29) is 5.41 Å². The van der Waals surface area contributed by atoms with E-state index in [1.165, 1.54) is 16.7 Å². The molecule has 1 aromatic carbocycles. The Morgan fingerprint density at radius 1 is 1.12 bits per heavy atom. The summed E-state index contributed by atoms with van der Waals surface area (Å²) >= 11 is 0. The van der Waals surface area contributed by atoms with E-state index in [9.17, 15) is 9.59 Å². The van der Waals surface area contributed by atoms with Gasteiger partial charge in [0.05, 0.1) is 11.9 Å². The van der Waals surface area contributed by atoms with E-state index in [4.69, 9.17) is 0 Å². The van der Waals surface area contributed by atoms with Crippen molar-refractivity contribution in [3.8, 4) is 0 Å². The van der Waals surface area contributed by atoms with Crippen LogP contribution >= 0.6 is 0 Å². The third-order valence-corrected chi connectivity index (χ3v) is 4.07. The highest BCUT2D eigenvalue weighted by atomic mass is 16.2. The van der Waals surface area contributed by atoms with Crippen molar-refractivity contribution in [1.82, 2.24) is 9.88 Å². The molecule has 0 atom stereocenters. The number of hydrogen-bond donors (Lipinski definition) is 1. The first-order valence-corrected chi connectivity index (χ1v) is 8.25. The number of likely N-dealkylation sites (N-methyl/N-ethyl adjacent to an activating group) is 1. The van der Waals surface area contributed by atoms with E-state index in [0.29, 0.717) is 12.2 Å². The molecule has 0 aliphatic rings. The smallest absolute Gasteiger partial charge is 0.313 e. The van der Waals surface area contributed by atoms with Crippen LogP contribution in [0.15, 0.2) is 42.7 Å². The van der Waals surface area contributed by atoms with E-state index < -0.39 is 11.8 Å². The molecular weight excluding hydrogens is 314 g/mol. The van der Waals surface area contributed by atoms with Crippen molar-refractivity contribution in [3.63, 3.8) is 0 Å². The summed E-state index contributed by atoms with van der Waals surface area (Å²) in [6.45, 7) is 8.69. The molecule has 2 aromatic rings. The Labute approximate surface area is 149 Å². The molecule has 25 heavy (non-hydrogen) atoms. The van der Waals surface area contributed by atoms with Crippen LogP contribution in [0.25, 0.3) is 0 Å². The Morgan fingerprint density at radius 2 is 1.76 bits per heavy atom. The van der Waals surface area contributed by atoms with E-state index in [1.807, 2.05) is 19.1 Å². The van der Waals surface area contributed by atoms with E-state index in [0.717, 1.165) is 11.1 Å². The zero-order chi connectivity index (χ0) is 18.6. The summed E-state index contributed by atoms with van der Waals surface area (Å²) in [5.74, 6) is -1.24. The van der Waals surface area contributed by atoms with Crippen LogP contribution in [-0.4, -0.2) is 28.7 Å². The highest BCUT2D eigenvalue weighted by molar-refractivity contribution is 6.39. The third-order valence-electron chi connectivity index (χ3n) is 4.07. The van der Waals surface area contributed by atoms with Gasteiger partial charge in [0.15, 0.2) is 0 Å². The van der Waals surface area contributed by atoms with Crippen LogP contribution in [0.2, 0.25) is 0 Å². The quantitative estimate of drug-likeness (QED) is 0.873. The molecule has 1 aromatic heterocycles. The minimum atomic E-state index is -0.662. The Bertz CT molecular complexity index is 761. The van der Waals surface area contributed by atoms with E-state index in [1.54, 1.807) is 19.3 Å². The van der Waals surface area contributed by atoms with Gasteiger partial charge >= 0.3 is 11.8 Å². The summed E-state index contributed by atoms with van der Waals surface area (Å²) in [4.78, 5) is 29.8. The van der Waals surface area contributed by atoms with Gasteiger partial charge < -0.3 is 10.2 Å². The van der Waals surface area contributed by atoms with Crippen LogP contribution in [0.4, 0.5) is 5.69 Å². The predicted molar refractivity (Wildman–Crippen MR) is 99.2 cm³/mol. The topological polar surface area (TPSA) is 62.3 Å². The summed E-state index contributed by atoms with van der Waals surface area (Å²) < 4.78 is 0. The first kappa shape index (κ1) is 18.6. The summed E-state index contributed by atoms with van der Waals surface area (Å²) in [6.07, 6.45) is 3.17. The summed E-state index contributed by atoms with van der Waals surface area (Å²) in [6, 6.07) is 9.89. The van der Waals surface area contributed by atoms with Gasteiger partial charge in [-0.25, -0.2) is 0 Å². The number of nitrogens with zero attached hydrogens (tertiary/aromatic N) is 2. The molecule has 0 bridgehead atoms. The normalized spacial score (nSPS) is 11.1. The van der Waals surface area contributed by atoms with Gasteiger partial charge in [-0.3, -0.25) is 14.6 Å². The Balaban J connectivity index is 2.00. The van der Waals surface area contributed by atoms with Crippen LogP contribution in [-0.2, 0) is 21.5 Å². The van der Waals surface area contributed by atoms with Crippen LogP contribution < -0.4 is 5.32 Å². The monoisotopic (exact) mass is 339 g/mol. The second-order valence-corrected chi connectivity index (χ2v) is 7.25. The molecule has 132 valence electrons. The first-order chi connectivity index (χ1) is 11.7. The Hall–Kier alpha value is -2.69. The number of benzene rings is 1. The minimum Gasteiger partial charge on any atom is -0.333 e. The number of hydrogen-bond acceptors (Lipinski definition) is 3. The van der Waals surface area contributed by atoms with Crippen LogP contribution in [0, 0.1) is 6.92 Å². The lowest BCUT2D eigenvalue weighted by Gasteiger charge is -2.20. The van der Waals surface area contributed by atoms with Crippen LogP contribution in [0.5, 0.6) is 0 Å². The second-order valence-electron chi connectivity index (χ2n) is 7.25. The largest absolute Gasteiger partial charge is 0.333 e. The van der Waals surface area contributed by atoms with Crippen molar-refractivity contribution in [1.29, 1.82) is 0 Å². The molecule has 0 saturated heterocycles. The van der Waals surface area contributed by atoms with Gasteiger partial charge in [0.25, 0.3) is 0 Å². The fraction of sp³-hybridized carbons (Fsp3) is 0.350. The lowest BCUT2D eigenvalue weighted by Crippen LogP contribution is -2.36. The molecule has 0 radical (unpaired) electrons. The molecule has 1 heterocycles. The fourth-order valence-corrected chi connectivity index (χ4v) is 2.40. The van der Waals surface area contributed by atoms with Gasteiger partial charge in [0.1, 0.15) is 0 Å². The number of carbonyl (C=O) groups excluding carboxylic acids is 2. The summed E-state index contributed by atoms with van der Waals surface area (Å²) in [5, 5.41) is 2.61. The number of aromatic nitrogens is 1. The number of aryl methyl sites for hydroxylation is 1. The first-order valence-electron chi connectivity index (χ1n) is 8.25. The number of amides is 2. The molecule has 0 aliphatic carbocycles. The van der Waals surface area contributed by atoms with Gasteiger partial charge in [-0.1, -0.05) is 45.0 Å². The Morgan fingerprint density at radius 3 is 2.32 bits per heavy atom. The zero-order valence-corrected chi connectivity index (χ0v) is 15.5. The van der Waals surface area contributed by atoms with Crippen LogP contribution in [0.1, 0.15) is 37.5 Å². The average molecular weight is 339 g/mol. The number of rotatable bonds is 3. The molecule has 5 nitrogen and oxygen atoms in total. The summed E-state index contributed by atoms with van der Waals surface area (Å²) in [7, 11) is 1.62. The fourth-order valence-electron chi connectivity index (χ4n) is 2.40. The molecule has 0 aliphatic heterocycles. The van der Waals surface area contributed by atoms with Gasteiger partial charge in [-0.15, -0.1) is 0 Å². The van der Waals surface area contributed by atoms with Crippen LogP contribution in [0.3, 0.4) is 0 Å². The lowest BCUT2D eigenvalue weighted by atomic mass is 9.87. The minimum absolute atomic E-state index is 0.0850. The molecule has 2 amide bonds. The molecule has 0 spiro atoms. The van der Waals surface area contributed by atoms with E-state index >= 15 is 0 Å². The number of carbonyl (C=O) groups is 2. The standard InChI is InChI=1S/C20H25N3O2/c1-14-10-11-21-12-17(14)22-18(24)19(25)23(5)13-15-6-8-16(9-7-15)20(2,3)4/h6-12H,13H2,1-5H3,(H,22,24). The van der Waals surface area contributed by atoms with E-state index in [2.05, 4.69) is 43.2 Å². The average Bonchev–Trinajstić information content (AvgIpc) is 2.55. The third kappa shape index (κ3) is 4.89. The highest BCUT2D eigenvalue weighted by Gasteiger charge is 2.20. The molecule has 0 fully saturated rings. The SMILES string of the molecule is Cc1ccncc1NC(=O)C(=O)N(C)Cc1ccc(C(C)(C)C)cc1. The summed E-state index contributed by atoms with van der Waals surface area (Å²) in [5.41, 5.74) is 3.70. The van der Waals surface area contributed by atoms with Gasteiger partial charge in [-0.2, -0.15) is 0 Å². The molecule has 0 saturated carbocycles. The van der Waals surface area contributed by atoms with Crippen molar-refractivity contribution in [3.05, 3.63) is 59.4 Å². The van der Waals surface area contributed by atoms with Gasteiger partial charge in [-0.05, 0) is 35.1 Å². The van der Waals surface area contributed by atoms with Crippen molar-refractivity contribution in [2.45, 2.75) is 39.7 Å². The van der Waals surface area contributed by atoms with Crippen molar-refractivity contribution >= 4 is 17.5 Å². The number of nitrogens with one attached hydrogen (secondary N) is 1. The Kier molecular flexibility index (Phi) is 5.57. The van der Waals surface area contributed by atoms with Crippen molar-refractivity contribution < 1.29 is 9.59 Å². The van der Waals surface area contributed by atoms with Crippen molar-refractivity contribution in [2.75, 3.05) is 12.4 Å². The maximum atomic E-state index is 12.3. The lowest BCUT2D eigenvalue weighted by molar-refractivity contribution is -0.142. The number of anilines is 1. The molecule has 5 heteroatoms. The molecule has 0 unspecified atom stereocenters. The number of pyridine rings is 1. The predicted octanol–water partition coefficient (Wildman–Crippen LogP) is 3.28. The second kappa shape index (κ2) is 7.47. The van der Waals surface area contributed by atoms with Crippen molar-refractivity contribution in [2.24, 2.45) is 0 Å². The van der Waals surface area contributed by atoms with Gasteiger partial charge in [0, 0.05) is 19.8 Å². The zero-order valence-electron chi connectivity index (χ0n) is 15.5. The maximum Gasteiger partial charge on any atom is 0.313 e. The maximum absolute atomic E-state index is 12.3. The van der Waals surface area contributed by atoms with Gasteiger partial charge in [0.2, 0.25) is 0 Å². The molecule has 1 N–H and O–H groups in total. The highest BCUT2D eigenvalue weighted by Crippen LogP contribution is 2.22. The molecular formula is C20H25N3O2.